The smallest absolute Gasteiger partial charge is 0.276 e. The third-order valence-corrected chi connectivity index (χ3v) is 3.86. The molecule has 2 aromatic rings. The Morgan fingerprint density at radius 1 is 1.20 bits per heavy atom. The van der Waals surface area contributed by atoms with Gasteiger partial charge in [0.15, 0.2) is 5.69 Å². The number of halogens is 1. The zero-order chi connectivity index (χ0) is 18.4. The Labute approximate surface area is 151 Å². The van der Waals surface area contributed by atoms with Crippen molar-refractivity contribution < 1.29 is 9.59 Å². The van der Waals surface area contributed by atoms with Gasteiger partial charge in [-0.05, 0) is 31.5 Å². The van der Waals surface area contributed by atoms with Crippen molar-refractivity contribution in [2.24, 2.45) is 5.73 Å². The molecule has 0 unspecified atom stereocenters. The molecule has 0 spiro atoms. The van der Waals surface area contributed by atoms with Gasteiger partial charge in [0.05, 0.1) is 17.6 Å². The van der Waals surface area contributed by atoms with Gasteiger partial charge in [-0.2, -0.15) is 0 Å². The van der Waals surface area contributed by atoms with Crippen LogP contribution in [-0.2, 0) is 11.2 Å². The minimum atomic E-state index is -0.427. The van der Waals surface area contributed by atoms with E-state index in [1.165, 1.54) is 6.20 Å². The lowest BCUT2D eigenvalue weighted by molar-refractivity contribution is -0.117. The fourth-order valence-electron chi connectivity index (χ4n) is 2.27. The number of carbonyl (C=O) groups is 2. The number of aromatic nitrogens is 2. The highest BCUT2D eigenvalue weighted by molar-refractivity contribution is 6.34. The average Bonchev–Trinajstić information content (AvgIpc) is 2.58. The highest BCUT2D eigenvalue weighted by Gasteiger charge is 2.16. The predicted molar refractivity (Wildman–Crippen MR) is 97.9 cm³/mol. The van der Waals surface area contributed by atoms with Crippen LogP contribution in [0.2, 0.25) is 5.02 Å². The second kappa shape index (κ2) is 8.43. The topological polar surface area (TPSA) is 101 Å². The maximum atomic E-state index is 12.5. The molecule has 0 aliphatic heterocycles. The van der Waals surface area contributed by atoms with Crippen molar-refractivity contribution in [2.75, 3.05) is 23.3 Å². The molecule has 1 aromatic carbocycles. The van der Waals surface area contributed by atoms with Crippen LogP contribution < -0.4 is 16.0 Å². The Bertz CT molecular complexity index is 760. The van der Waals surface area contributed by atoms with E-state index in [9.17, 15) is 9.59 Å². The summed E-state index contributed by atoms with van der Waals surface area (Å²) in [5.41, 5.74) is 6.61. The van der Waals surface area contributed by atoms with Crippen molar-refractivity contribution in [3.8, 4) is 0 Å². The highest BCUT2D eigenvalue weighted by atomic mass is 35.5. The van der Waals surface area contributed by atoms with E-state index in [4.69, 9.17) is 17.3 Å². The van der Waals surface area contributed by atoms with Crippen molar-refractivity contribution in [3.05, 3.63) is 46.7 Å². The van der Waals surface area contributed by atoms with E-state index >= 15 is 0 Å². The van der Waals surface area contributed by atoms with Crippen LogP contribution in [0.4, 0.5) is 11.6 Å². The van der Waals surface area contributed by atoms with Crippen LogP contribution >= 0.6 is 11.6 Å². The molecule has 0 fully saturated rings. The van der Waals surface area contributed by atoms with Gasteiger partial charge in [0, 0.05) is 18.8 Å². The Kier molecular flexibility index (Phi) is 6.30. The molecule has 0 radical (unpaired) electrons. The van der Waals surface area contributed by atoms with Crippen LogP contribution in [0.1, 0.15) is 29.9 Å². The molecule has 0 aliphatic carbocycles. The normalized spacial score (nSPS) is 10.4. The Morgan fingerprint density at radius 2 is 1.84 bits per heavy atom. The van der Waals surface area contributed by atoms with Gasteiger partial charge < -0.3 is 16.0 Å². The minimum absolute atomic E-state index is 0.111. The molecule has 1 heterocycles. The molecule has 25 heavy (non-hydrogen) atoms. The first-order valence-electron chi connectivity index (χ1n) is 7.90. The van der Waals surface area contributed by atoms with Crippen molar-refractivity contribution >= 4 is 35.1 Å². The lowest BCUT2D eigenvalue weighted by Gasteiger charge is -2.19. The fraction of sp³-hybridized carbons (Fsp3) is 0.294. The molecule has 132 valence electrons. The average molecular weight is 362 g/mol. The Morgan fingerprint density at radius 3 is 2.40 bits per heavy atom. The van der Waals surface area contributed by atoms with E-state index in [1.807, 2.05) is 18.7 Å². The predicted octanol–water partition coefficient (Wildman–Crippen LogP) is 2.26. The van der Waals surface area contributed by atoms with Crippen LogP contribution in [0, 0.1) is 0 Å². The van der Waals surface area contributed by atoms with E-state index in [1.54, 1.807) is 24.3 Å². The maximum absolute atomic E-state index is 12.5. The summed E-state index contributed by atoms with van der Waals surface area (Å²) in [4.78, 5) is 33.7. The summed E-state index contributed by atoms with van der Waals surface area (Å²) in [6, 6.07) is 6.83. The van der Waals surface area contributed by atoms with Gasteiger partial charge in [-0.3, -0.25) is 9.59 Å². The first kappa shape index (κ1) is 18.7. The molecule has 1 aromatic heterocycles. The van der Waals surface area contributed by atoms with Gasteiger partial charge >= 0.3 is 0 Å². The van der Waals surface area contributed by atoms with Crippen molar-refractivity contribution in [1.29, 1.82) is 0 Å². The number of rotatable bonds is 7. The number of benzene rings is 1. The number of nitrogens with two attached hydrogens (primary N) is 1. The largest absolute Gasteiger partial charge is 0.369 e. The number of hydrogen-bond donors (Lipinski definition) is 2. The van der Waals surface area contributed by atoms with E-state index in [2.05, 4.69) is 15.3 Å². The molecule has 8 heteroatoms. The first-order chi connectivity index (χ1) is 11.9. The lowest BCUT2D eigenvalue weighted by Crippen LogP contribution is -2.25. The van der Waals surface area contributed by atoms with E-state index in [-0.39, 0.29) is 17.1 Å². The van der Waals surface area contributed by atoms with Gasteiger partial charge in [0.1, 0.15) is 0 Å². The molecule has 0 atom stereocenters. The molecule has 2 amide bonds. The molecule has 0 saturated carbocycles. The SMILES string of the molecule is CCN(CC)c1ncc(Cl)c(C(=O)Nc2ccc(CC(N)=O)cc2)n1. The number of hydrogen-bond acceptors (Lipinski definition) is 5. The van der Waals surface area contributed by atoms with E-state index in [0.717, 1.165) is 18.7 Å². The van der Waals surface area contributed by atoms with Crippen molar-refractivity contribution in [2.45, 2.75) is 20.3 Å². The zero-order valence-corrected chi connectivity index (χ0v) is 14.9. The van der Waals surface area contributed by atoms with Crippen LogP contribution in [0.15, 0.2) is 30.5 Å². The third kappa shape index (κ3) is 4.90. The van der Waals surface area contributed by atoms with Gasteiger partial charge in [0.25, 0.3) is 5.91 Å². The summed E-state index contributed by atoms with van der Waals surface area (Å²) in [6.45, 7) is 5.41. The number of nitrogens with zero attached hydrogens (tertiary/aromatic N) is 3. The molecule has 0 aliphatic rings. The van der Waals surface area contributed by atoms with Gasteiger partial charge in [-0.1, -0.05) is 23.7 Å². The van der Waals surface area contributed by atoms with Crippen LogP contribution in [0.5, 0.6) is 0 Å². The standard InChI is InChI=1S/C17H20ClN5O2/c1-3-23(4-2)17-20-10-13(18)15(22-17)16(25)21-12-7-5-11(6-8-12)9-14(19)24/h5-8,10H,3-4,9H2,1-2H3,(H2,19,24)(H,21,25). The number of carbonyl (C=O) groups excluding carboxylic acids is 2. The summed E-state index contributed by atoms with van der Waals surface area (Å²) in [6.07, 6.45) is 1.58. The number of amides is 2. The van der Waals surface area contributed by atoms with Gasteiger partial charge in [0.2, 0.25) is 11.9 Å². The quantitative estimate of drug-likeness (QED) is 0.787. The van der Waals surface area contributed by atoms with Crippen molar-refractivity contribution in [1.82, 2.24) is 9.97 Å². The summed E-state index contributed by atoms with van der Waals surface area (Å²) in [5, 5.41) is 2.91. The second-order valence-electron chi connectivity index (χ2n) is 5.33. The van der Waals surface area contributed by atoms with Gasteiger partial charge in [-0.15, -0.1) is 0 Å². The fourth-order valence-corrected chi connectivity index (χ4v) is 2.45. The molecule has 2 rings (SSSR count). The van der Waals surface area contributed by atoms with E-state index in [0.29, 0.717) is 11.6 Å². The van der Waals surface area contributed by atoms with Crippen LogP contribution in [0.25, 0.3) is 0 Å². The summed E-state index contributed by atoms with van der Waals surface area (Å²) in [7, 11) is 0. The maximum Gasteiger partial charge on any atom is 0.276 e. The molecule has 3 N–H and O–H groups in total. The Hall–Kier alpha value is -2.67. The summed E-state index contributed by atoms with van der Waals surface area (Å²) in [5.74, 6) is -0.381. The molecule has 0 bridgehead atoms. The van der Waals surface area contributed by atoms with Crippen molar-refractivity contribution in [3.63, 3.8) is 0 Å². The molecular weight excluding hydrogens is 342 g/mol. The number of anilines is 2. The van der Waals surface area contributed by atoms with Gasteiger partial charge in [-0.25, -0.2) is 9.97 Å². The number of nitrogens with one attached hydrogen (secondary N) is 1. The summed E-state index contributed by atoms with van der Waals surface area (Å²) < 4.78 is 0. The minimum Gasteiger partial charge on any atom is -0.369 e. The molecule has 0 saturated heterocycles. The lowest BCUT2D eigenvalue weighted by atomic mass is 10.1. The second-order valence-corrected chi connectivity index (χ2v) is 5.74. The highest BCUT2D eigenvalue weighted by Crippen LogP contribution is 2.18. The van der Waals surface area contributed by atoms with E-state index < -0.39 is 11.8 Å². The summed E-state index contributed by atoms with van der Waals surface area (Å²) >= 11 is 6.08. The first-order valence-corrected chi connectivity index (χ1v) is 8.28. The number of primary amides is 1. The van der Waals surface area contributed by atoms with Crippen LogP contribution in [-0.4, -0.2) is 34.9 Å². The molecular formula is C17H20ClN5O2. The monoisotopic (exact) mass is 361 g/mol. The zero-order valence-electron chi connectivity index (χ0n) is 14.1. The third-order valence-electron chi connectivity index (χ3n) is 3.58. The molecule has 7 nitrogen and oxygen atoms in total. The Balaban J connectivity index is 2.17. The van der Waals surface area contributed by atoms with Crippen LogP contribution in [0.3, 0.4) is 0 Å².